The summed E-state index contributed by atoms with van der Waals surface area (Å²) < 4.78 is 0. The summed E-state index contributed by atoms with van der Waals surface area (Å²) in [6.45, 7) is 2.96. The predicted octanol–water partition coefficient (Wildman–Crippen LogP) is -0.910. The van der Waals surface area contributed by atoms with Gasteiger partial charge in [0.2, 0.25) is 0 Å². The Morgan fingerprint density at radius 2 is 2.29 bits per heavy atom. The van der Waals surface area contributed by atoms with Crippen LogP contribution in [0.2, 0.25) is 0 Å². The van der Waals surface area contributed by atoms with E-state index in [-0.39, 0.29) is 12.2 Å². The number of nitrogens with one attached hydrogen (secondary N) is 3. The standard InChI is InChI=1S/C8H13N3O3/c1-8(2,14)6(12)9-3-5-4-10-7(13)11-5/h4,14H,3H2,1-2H3,(H,9,12)(H2,10,11,13). The van der Waals surface area contributed by atoms with Crippen LogP contribution >= 0.6 is 0 Å². The summed E-state index contributed by atoms with van der Waals surface area (Å²) in [5.41, 5.74) is -1.17. The van der Waals surface area contributed by atoms with Crippen molar-refractivity contribution in [3.05, 3.63) is 22.4 Å². The zero-order chi connectivity index (χ0) is 10.8. The van der Waals surface area contributed by atoms with Crippen LogP contribution in [0.25, 0.3) is 0 Å². The minimum atomic E-state index is -1.41. The van der Waals surface area contributed by atoms with Gasteiger partial charge in [-0.05, 0) is 13.8 Å². The third kappa shape index (κ3) is 2.74. The first-order valence-electron chi connectivity index (χ1n) is 4.17. The number of aromatic amines is 2. The lowest BCUT2D eigenvalue weighted by Crippen LogP contribution is -2.41. The van der Waals surface area contributed by atoms with Crippen molar-refractivity contribution in [2.24, 2.45) is 0 Å². The van der Waals surface area contributed by atoms with E-state index in [0.29, 0.717) is 5.69 Å². The van der Waals surface area contributed by atoms with Gasteiger partial charge in [-0.25, -0.2) is 4.79 Å². The normalized spacial score (nSPS) is 11.4. The van der Waals surface area contributed by atoms with Crippen molar-refractivity contribution in [2.45, 2.75) is 26.0 Å². The van der Waals surface area contributed by atoms with Gasteiger partial charge in [0.1, 0.15) is 5.60 Å². The predicted molar refractivity (Wildman–Crippen MR) is 49.6 cm³/mol. The lowest BCUT2D eigenvalue weighted by atomic mass is 10.1. The van der Waals surface area contributed by atoms with Crippen molar-refractivity contribution in [1.29, 1.82) is 0 Å². The monoisotopic (exact) mass is 199 g/mol. The van der Waals surface area contributed by atoms with Crippen molar-refractivity contribution < 1.29 is 9.90 Å². The number of aliphatic hydroxyl groups is 1. The number of carbonyl (C=O) groups is 1. The highest BCUT2D eigenvalue weighted by atomic mass is 16.3. The average Bonchev–Trinajstić information content (AvgIpc) is 2.45. The summed E-state index contributed by atoms with van der Waals surface area (Å²) in [4.78, 5) is 26.7. The molecule has 0 spiro atoms. The molecule has 0 saturated carbocycles. The zero-order valence-electron chi connectivity index (χ0n) is 8.05. The molecular weight excluding hydrogens is 186 g/mol. The maximum atomic E-state index is 11.2. The van der Waals surface area contributed by atoms with Crippen LogP contribution in [0.4, 0.5) is 0 Å². The lowest BCUT2D eigenvalue weighted by molar-refractivity contribution is -0.136. The lowest BCUT2D eigenvalue weighted by Gasteiger charge is -2.15. The molecular formula is C8H13N3O3. The highest BCUT2D eigenvalue weighted by molar-refractivity contribution is 5.83. The van der Waals surface area contributed by atoms with Crippen LogP contribution in [0.15, 0.2) is 11.0 Å². The van der Waals surface area contributed by atoms with E-state index < -0.39 is 11.5 Å². The molecule has 78 valence electrons. The van der Waals surface area contributed by atoms with E-state index in [1.54, 1.807) is 0 Å². The fourth-order valence-electron chi connectivity index (χ4n) is 0.858. The van der Waals surface area contributed by atoms with Crippen molar-refractivity contribution >= 4 is 5.91 Å². The van der Waals surface area contributed by atoms with Gasteiger partial charge in [0.15, 0.2) is 0 Å². The van der Waals surface area contributed by atoms with Crippen LogP contribution in [0.1, 0.15) is 19.5 Å². The molecule has 0 saturated heterocycles. The molecule has 6 heteroatoms. The highest BCUT2D eigenvalue weighted by Gasteiger charge is 2.22. The molecule has 0 unspecified atom stereocenters. The topological polar surface area (TPSA) is 98.0 Å². The fraction of sp³-hybridized carbons (Fsp3) is 0.500. The fourth-order valence-corrected chi connectivity index (χ4v) is 0.858. The van der Waals surface area contributed by atoms with E-state index in [0.717, 1.165) is 0 Å². The second-order valence-electron chi connectivity index (χ2n) is 3.51. The summed E-state index contributed by atoms with van der Waals surface area (Å²) in [6, 6.07) is 0. The number of hydrogen-bond acceptors (Lipinski definition) is 3. The molecule has 0 radical (unpaired) electrons. The van der Waals surface area contributed by atoms with E-state index in [1.807, 2.05) is 0 Å². The molecule has 14 heavy (non-hydrogen) atoms. The van der Waals surface area contributed by atoms with Gasteiger partial charge in [0.05, 0.1) is 12.2 Å². The van der Waals surface area contributed by atoms with Crippen LogP contribution in [-0.2, 0) is 11.3 Å². The third-order valence-electron chi connectivity index (χ3n) is 1.65. The molecule has 1 aromatic rings. The van der Waals surface area contributed by atoms with Crippen LogP contribution in [0.5, 0.6) is 0 Å². The van der Waals surface area contributed by atoms with Crippen LogP contribution < -0.4 is 11.0 Å². The van der Waals surface area contributed by atoms with Gasteiger partial charge in [-0.15, -0.1) is 0 Å². The Bertz CT molecular complexity index is 372. The van der Waals surface area contributed by atoms with Crippen LogP contribution in [-0.4, -0.2) is 26.6 Å². The van der Waals surface area contributed by atoms with Gasteiger partial charge in [0, 0.05) is 6.20 Å². The summed E-state index contributed by atoms with van der Waals surface area (Å²) in [6.07, 6.45) is 1.47. The Hall–Kier alpha value is -1.56. The third-order valence-corrected chi connectivity index (χ3v) is 1.65. The summed E-state index contributed by atoms with van der Waals surface area (Å²) in [7, 11) is 0. The Kier molecular flexibility index (Phi) is 2.76. The molecule has 1 rings (SSSR count). The Morgan fingerprint density at radius 3 is 2.71 bits per heavy atom. The second-order valence-corrected chi connectivity index (χ2v) is 3.51. The molecule has 1 aromatic heterocycles. The summed E-state index contributed by atoms with van der Waals surface area (Å²) in [5.74, 6) is -0.487. The molecule has 0 aromatic carbocycles. The largest absolute Gasteiger partial charge is 0.381 e. The molecule has 6 nitrogen and oxygen atoms in total. The Morgan fingerprint density at radius 1 is 1.64 bits per heavy atom. The molecule has 0 bridgehead atoms. The minimum absolute atomic E-state index is 0.182. The van der Waals surface area contributed by atoms with Gasteiger partial charge >= 0.3 is 5.69 Å². The second kappa shape index (κ2) is 3.67. The van der Waals surface area contributed by atoms with Crippen molar-refractivity contribution in [3.63, 3.8) is 0 Å². The van der Waals surface area contributed by atoms with Crippen molar-refractivity contribution in [2.75, 3.05) is 0 Å². The van der Waals surface area contributed by atoms with E-state index >= 15 is 0 Å². The maximum Gasteiger partial charge on any atom is 0.323 e. The van der Waals surface area contributed by atoms with Gasteiger partial charge in [-0.3, -0.25) is 4.79 Å². The molecule has 0 aliphatic carbocycles. The molecule has 1 heterocycles. The number of hydrogen-bond donors (Lipinski definition) is 4. The average molecular weight is 199 g/mol. The van der Waals surface area contributed by atoms with E-state index in [4.69, 9.17) is 0 Å². The SMILES string of the molecule is CC(C)(O)C(=O)NCc1c[nH]c(=O)[nH]1. The molecule has 4 N–H and O–H groups in total. The van der Waals surface area contributed by atoms with Gasteiger partial charge in [0.25, 0.3) is 5.91 Å². The van der Waals surface area contributed by atoms with Gasteiger partial charge < -0.3 is 20.4 Å². The van der Waals surface area contributed by atoms with Crippen LogP contribution in [0.3, 0.4) is 0 Å². The molecule has 0 fully saturated rings. The van der Waals surface area contributed by atoms with E-state index in [9.17, 15) is 14.7 Å². The van der Waals surface area contributed by atoms with Crippen LogP contribution in [0, 0.1) is 0 Å². The van der Waals surface area contributed by atoms with E-state index in [1.165, 1.54) is 20.0 Å². The first-order chi connectivity index (χ1) is 6.39. The molecule has 0 atom stereocenters. The molecule has 1 amide bonds. The number of rotatable bonds is 3. The Labute approximate surface area is 80.4 Å². The number of imidazole rings is 1. The smallest absolute Gasteiger partial charge is 0.323 e. The van der Waals surface area contributed by atoms with Crippen molar-refractivity contribution in [1.82, 2.24) is 15.3 Å². The number of carbonyl (C=O) groups excluding carboxylic acids is 1. The molecule has 0 aliphatic heterocycles. The number of amides is 1. The zero-order valence-corrected chi connectivity index (χ0v) is 8.05. The summed E-state index contributed by atoms with van der Waals surface area (Å²) >= 11 is 0. The Balaban J connectivity index is 2.50. The first kappa shape index (κ1) is 10.5. The van der Waals surface area contributed by atoms with E-state index in [2.05, 4.69) is 15.3 Å². The molecule has 0 aliphatic rings. The number of H-pyrrole nitrogens is 2. The maximum absolute atomic E-state index is 11.2. The van der Waals surface area contributed by atoms with Gasteiger partial charge in [-0.1, -0.05) is 0 Å². The summed E-state index contributed by atoms with van der Waals surface area (Å²) in [5, 5.41) is 11.8. The van der Waals surface area contributed by atoms with Crippen molar-refractivity contribution in [3.8, 4) is 0 Å². The minimum Gasteiger partial charge on any atom is -0.381 e. The quantitative estimate of drug-likeness (QED) is 0.507. The number of aromatic nitrogens is 2. The van der Waals surface area contributed by atoms with Gasteiger partial charge in [-0.2, -0.15) is 0 Å². The highest BCUT2D eigenvalue weighted by Crippen LogP contribution is 2.00. The first-order valence-corrected chi connectivity index (χ1v) is 4.17.